The largest absolute Gasteiger partial charge is 0.508 e. The van der Waals surface area contributed by atoms with Crippen molar-refractivity contribution in [2.24, 2.45) is 5.92 Å². The van der Waals surface area contributed by atoms with E-state index in [0.29, 0.717) is 60.9 Å². The number of hydrogen-bond acceptors (Lipinski definition) is 4. The number of anilines is 1. The van der Waals surface area contributed by atoms with Crippen LogP contribution in [0.4, 0.5) is 14.5 Å². The number of phenols is 1. The number of piperidine rings is 1. The Labute approximate surface area is 184 Å². The monoisotopic (exact) mass is 450 g/mol. The summed E-state index contributed by atoms with van der Waals surface area (Å²) in [7, 11) is 1.82. The minimum absolute atomic E-state index is 0.0481. The van der Waals surface area contributed by atoms with Gasteiger partial charge in [0.2, 0.25) is 0 Å². The van der Waals surface area contributed by atoms with Crippen LogP contribution in [0.1, 0.15) is 24.0 Å². The topological polar surface area (TPSA) is 64.0 Å². The van der Waals surface area contributed by atoms with E-state index in [4.69, 9.17) is 11.6 Å². The Hall–Kier alpha value is -2.38. The summed E-state index contributed by atoms with van der Waals surface area (Å²) in [5, 5.41) is 19.9. The summed E-state index contributed by atoms with van der Waals surface area (Å²) in [6, 6.07) is 6.89. The Morgan fingerprint density at radius 3 is 2.61 bits per heavy atom. The van der Waals surface area contributed by atoms with Crippen LogP contribution in [-0.4, -0.2) is 54.3 Å². The summed E-state index contributed by atoms with van der Waals surface area (Å²) >= 11 is 6.17. The molecule has 2 aromatic rings. The fourth-order valence-electron chi connectivity index (χ4n) is 5.09. The normalized spacial score (nSPS) is 18.9. The van der Waals surface area contributed by atoms with Crippen molar-refractivity contribution in [3.63, 3.8) is 0 Å². The summed E-state index contributed by atoms with van der Waals surface area (Å²) in [6.45, 7) is 2.25. The lowest BCUT2D eigenvalue weighted by atomic mass is 9.74. The van der Waals surface area contributed by atoms with Crippen LogP contribution < -0.4 is 4.90 Å². The van der Waals surface area contributed by atoms with Gasteiger partial charge in [-0.1, -0.05) is 11.6 Å². The van der Waals surface area contributed by atoms with Crippen molar-refractivity contribution in [1.29, 1.82) is 0 Å². The van der Waals surface area contributed by atoms with Gasteiger partial charge in [0.05, 0.1) is 11.6 Å². The van der Waals surface area contributed by atoms with E-state index < -0.39 is 23.5 Å². The van der Waals surface area contributed by atoms with Crippen LogP contribution in [0.15, 0.2) is 30.3 Å². The molecule has 0 radical (unpaired) electrons. The van der Waals surface area contributed by atoms with Crippen molar-refractivity contribution >= 4 is 23.3 Å². The first-order chi connectivity index (χ1) is 14.7. The van der Waals surface area contributed by atoms with Gasteiger partial charge in [0, 0.05) is 36.6 Å². The maximum atomic E-state index is 14.4. The molecule has 5 nitrogen and oxygen atoms in total. The highest BCUT2D eigenvalue weighted by Gasteiger charge is 2.45. The zero-order chi connectivity index (χ0) is 22.3. The van der Waals surface area contributed by atoms with E-state index >= 15 is 0 Å². The minimum Gasteiger partial charge on any atom is -0.508 e. The highest BCUT2D eigenvalue weighted by atomic mass is 35.5. The van der Waals surface area contributed by atoms with E-state index in [0.717, 1.165) is 6.07 Å². The van der Waals surface area contributed by atoms with Crippen molar-refractivity contribution in [2.45, 2.75) is 24.7 Å². The minimum atomic E-state index is -0.921. The lowest BCUT2D eigenvalue weighted by molar-refractivity contribution is -0.142. The lowest BCUT2D eigenvalue weighted by Crippen LogP contribution is -2.47. The Morgan fingerprint density at radius 1 is 1.23 bits per heavy atom. The number of aliphatic carboxylic acids is 1. The van der Waals surface area contributed by atoms with Crippen LogP contribution in [0, 0.1) is 17.6 Å². The Balaban J connectivity index is 1.47. The maximum Gasteiger partial charge on any atom is 0.308 e. The van der Waals surface area contributed by atoms with Gasteiger partial charge in [0.25, 0.3) is 0 Å². The van der Waals surface area contributed by atoms with Crippen LogP contribution in [0.25, 0.3) is 0 Å². The van der Waals surface area contributed by atoms with E-state index in [9.17, 15) is 23.8 Å². The van der Waals surface area contributed by atoms with Crippen molar-refractivity contribution in [3.8, 4) is 5.75 Å². The molecule has 1 fully saturated rings. The van der Waals surface area contributed by atoms with Crippen molar-refractivity contribution in [1.82, 2.24) is 4.90 Å². The second-order valence-corrected chi connectivity index (χ2v) is 9.14. The van der Waals surface area contributed by atoms with Crippen LogP contribution in [0.3, 0.4) is 0 Å². The number of aromatic hydroxyl groups is 1. The van der Waals surface area contributed by atoms with Crippen LogP contribution in [0.2, 0.25) is 5.02 Å². The number of nitrogens with zero attached hydrogens (tertiary/aromatic N) is 2. The van der Waals surface area contributed by atoms with Gasteiger partial charge in [-0.25, -0.2) is 8.78 Å². The molecular weight excluding hydrogens is 426 g/mol. The molecular formula is C23H25ClF2N2O3. The molecule has 0 amide bonds. The second-order valence-electron chi connectivity index (χ2n) is 8.74. The standard InChI is InChI=1S/C23H25ClF2N2O3/c1-27-13-23(18-10-16(25)11-20(26)21(18)27)4-6-28(7-5-23)12-15(22(30)31)8-14-9-17(29)2-3-19(14)24/h2-3,9-11,15,29H,4-8,12-13H2,1H3,(H,30,31). The Kier molecular flexibility index (Phi) is 5.83. The first-order valence-electron chi connectivity index (χ1n) is 10.3. The van der Waals surface area contributed by atoms with Gasteiger partial charge in [-0.05, 0) is 67.7 Å². The maximum absolute atomic E-state index is 14.4. The van der Waals surface area contributed by atoms with E-state index in [1.807, 2.05) is 11.9 Å². The third kappa shape index (κ3) is 4.21. The quantitative estimate of drug-likeness (QED) is 0.719. The summed E-state index contributed by atoms with van der Waals surface area (Å²) in [5.74, 6) is -2.66. The number of rotatable bonds is 5. The zero-order valence-corrected chi connectivity index (χ0v) is 18.0. The average Bonchev–Trinajstić information content (AvgIpc) is 2.97. The summed E-state index contributed by atoms with van der Waals surface area (Å²) < 4.78 is 28.3. The molecule has 0 aliphatic carbocycles. The smallest absolute Gasteiger partial charge is 0.308 e. The number of fused-ring (bicyclic) bond motifs is 2. The van der Waals surface area contributed by atoms with E-state index in [-0.39, 0.29) is 17.6 Å². The molecule has 2 N–H and O–H groups in total. The predicted octanol–water partition coefficient (Wildman–Crippen LogP) is 4.05. The van der Waals surface area contributed by atoms with E-state index in [1.165, 1.54) is 18.2 Å². The number of likely N-dealkylation sites (tertiary alicyclic amines) is 1. The molecule has 2 aliphatic rings. The SMILES string of the molecule is CN1CC2(CCN(CC(Cc3cc(O)ccc3Cl)C(=O)O)CC2)c2cc(F)cc(F)c21. The van der Waals surface area contributed by atoms with Crippen LogP contribution in [0.5, 0.6) is 5.75 Å². The molecule has 0 aromatic heterocycles. The molecule has 2 heterocycles. The molecule has 2 aliphatic heterocycles. The van der Waals surface area contributed by atoms with E-state index in [1.54, 1.807) is 6.07 Å². The molecule has 1 unspecified atom stereocenters. The van der Waals surface area contributed by atoms with Crippen LogP contribution in [-0.2, 0) is 16.6 Å². The molecule has 8 heteroatoms. The third-order valence-corrected chi connectivity index (χ3v) is 7.03. The number of hydrogen-bond donors (Lipinski definition) is 2. The van der Waals surface area contributed by atoms with Crippen molar-refractivity contribution in [2.75, 3.05) is 38.1 Å². The fourth-order valence-corrected chi connectivity index (χ4v) is 5.29. The van der Waals surface area contributed by atoms with Gasteiger partial charge in [0.1, 0.15) is 17.4 Å². The zero-order valence-electron chi connectivity index (χ0n) is 17.2. The fraction of sp³-hybridized carbons (Fsp3) is 0.435. The average molecular weight is 451 g/mol. The number of benzene rings is 2. The molecule has 4 rings (SSSR count). The van der Waals surface area contributed by atoms with Gasteiger partial charge in [0.15, 0.2) is 0 Å². The molecule has 0 saturated carbocycles. The van der Waals surface area contributed by atoms with Crippen molar-refractivity contribution < 1.29 is 23.8 Å². The third-order valence-electron chi connectivity index (χ3n) is 6.66. The predicted molar refractivity (Wildman–Crippen MR) is 115 cm³/mol. The molecule has 1 atom stereocenters. The number of carbonyl (C=O) groups is 1. The van der Waals surface area contributed by atoms with Gasteiger partial charge < -0.3 is 20.0 Å². The van der Waals surface area contributed by atoms with E-state index in [2.05, 4.69) is 4.90 Å². The summed E-state index contributed by atoms with van der Waals surface area (Å²) in [4.78, 5) is 15.8. The lowest BCUT2D eigenvalue weighted by Gasteiger charge is -2.40. The van der Waals surface area contributed by atoms with Crippen LogP contribution >= 0.6 is 11.6 Å². The molecule has 1 saturated heterocycles. The molecule has 0 bridgehead atoms. The highest BCUT2D eigenvalue weighted by Crippen LogP contribution is 2.47. The molecule has 1 spiro atoms. The number of carboxylic acid groups (broad SMARTS) is 1. The Bertz CT molecular complexity index is 1010. The van der Waals surface area contributed by atoms with Gasteiger partial charge in [-0.3, -0.25) is 4.79 Å². The highest BCUT2D eigenvalue weighted by molar-refractivity contribution is 6.31. The second kappa shape index (κ2) is 8.28. The summed E-state index contributed by atoms with van der Waals surface area (Å²) in [5.41, 5.74) is 1.46. The first-order valence-corrected chi connectivity index (χ1v) is 10.7. The molecule has 166 valence electrons. The van der Waals surface area contributed by atoms with Crippen molar-refractivity contribution in [3.05, 3.63) is 58.1 Å². The van der Waals surface area contributed by atoms with Gasteiger partial charge in [-0.2, -0.15) is 0 Å². The van der Waals surface area contributed by atoms with Gasteiger partial charge >= 0.3 is 5.97 Å². The summed E-state index contributed by atoms with van der Waals surface area (Å²) in [6.07, 6.45) is 1.62. The molecule has 31 heavy (non-hydrogen) atoms. The number of phenolic OH excluding ortho intramolecular Hbond substituents is 1. The first kappa shape index (κ1) is 21.8. The molecule has 2 aromatic carbocycles. The number of halogens is 3. The Morgan fingerprint density at radius 2 is 1.94 bits per heavy atom. The number of carboxylic acids is 1. The van der Waals surface area contributed by atoms with Gasteiger partial charge in [-0.15, -0.1) is 0 Å². The number of likely N-dealkylation sites (N-methyl/N-ethyl adjacent to an activating group) is 1.